The SMILES string of the molecule is COc1ccc(S(=O)(=O)Nc2cccc(C(=O)NCCN3CCN(c4nc5c(OC)ccc(C)c5s4)CC3)c2)cc1. The molecular formula is C29H33N5O5S2. The Morgan fingerprint density at radius 3 is 2.46 bits per heavy atom. The van der Waals surface area contributed by atoms with Gasteiger partial charge in [-0.25, -0.2) is 13.4 Å². The number of nitrogens with one attached hydrogen (secondary N) is 2. The zero-order valence-corrected chi connectivity index (χ0v) is 24.8. The van der Waals surface area contributed by atoms with E-state index in [1.54, 1.807) is 48.8 Å². The molecule has 0 radical (unpaired) electrons. The number of sulfonamides is 1. The zero-order valence-electron chi connectivity index (χ0n) is 23.2. The van der Waals surface area contributed by atoms with Crippen molar-refractivity contribution in [3.05, 3.63) is 71.8 Å². The number of fused-ring (bicyclic) bond motifs is 1. The number of benzene rings is 3. The molecule has 3 aromatic carbocycles. The molecule has 41 heavy (non-hydrogen) atoms. The first kappa shape index (κ1) is 28.7. The van der Waals surface area contributed by atoms with Crippen LogP contribution in [0.5, 0.6) is 11.5 Å². The highest BCUT2D eigenvalue weighted by Gasteiger charge is 2.21. The van der Waals surface area contributed by atoms with Crippen molar-refractivity contribution in [1.29, 1.82) is 0 Å². The number of hydrogen-bond acceptors (Lipinski definition) is 9. The minimum absolute atomic E-state index is 0.103. The summed E-state index contributed by atoms with van der Waals surface area (Å²) in [7, 11) is -0.623. The smallest absolute Gasteiger partial charge is 0.261 e. The van der Waals surface area contributed by atoms with Gasteiger partial charge < -0.3 is 19.7 Å². The molecule has 0 spiro atoms. The predicted octanol–water partition coefficient (Wildman–Crippen LogP) is 3.97. The van der Waals surface area contributed by atoms with Gasteiger partial charge >= 0.3 is 0 Å². The molecule has 216 valence electrons. The molecule has 1 aliphatic rings. The molecule has 2 heterocycles. The summed E-state index contributed by atoms with van der Waals surface area (Å²) < 4.78 is 39.8. The van der Waals surface area contributed by atoms with Crippen LogP contribution in [0.25, 0.3) is 10.2 Å². The van der Waals surface area contributed by atoms with Gasteiger partial charge in [-0.1, -0.05) is 23.5 Å². The van der Waals surface area contributed by atoms with Gasteiger partial charge in [0, 0.05) is 50.5 Å². The number of ether oxygens (including phenoxy) is 2. The fourth-order valence-corrected chi connectivity index (χ4v) is 6.84. The third kappa shape index (κ3) is 6.55. The average Bonchev–Trinajstić information content (AvgIpc) is 3.44. The average molecular weight is 596 g/mol. The van der Waals surface area contributed by atoms with E-state index in [1.807, 2.05) is 6.07 Å². The molecule has 10 nitrogen and oxygen atoms in total. The number of aryl methyl sites for hydroxylation is 1. The lowest BCUT2D eigenvalue weighted by Gasteiger charge is -2.34. The highest BCUT2D eigenvalue weighted by Crippen LogP contribution is 2.36. The second-order valence-electron chi connectivity index (χ2n) is 9.71. The van der Waals surface area contributed by atoms with Crippen LogP contribution in [0.2, 0.25) is 0 Å². The number of piperazine rings is 1. The van der Waals surface area contributed by atoms with Crippen molar-refractivity contribution < 1.29 is 22.7 Å². The fraction of sp³-hybridized carbons (Fsp3) is 0.310. The van der Waals surface area contributed by atoms with E-state index in [2.05, 4.69) is 32.8 Å². The lowest BCUT2D eigenvalue weighted by Crippen LogP contribution is -2.48. The van der Waals surface area contributed by atoms with Crippen LogP contribution in [-0.4, -0.2) is 77.7 Å². The molecule has 0 aliphatic carbocycles. The largest absolute Gasteiger partial charge is 0.497 e. The highest BCUT2D eigenvalue weighted by atomic mass is 32.2. The summed E-state index contributed by atoms with van der Waals surface area (Å²) in [6.07, 6.45) is 0. The second-order valence-corrected chi connectivity index (χ2v) is 12.4. The molecule has 0 saturated carbocycles. The number of methoxy groups -OCH3 is 2. The van der Waals surface area contributed by atoms with Crippen molar-refractivity contribution in [2.45, 2.75) is 11.8 Å². The topological polar surface area (TPSA) is 113 Å². The quantitative estimate of drug-likeness (QED) is 0.283. The third-order valence-electron chi connectivity index (χ3n) is 7.02. The van der Waals surface area contributed by atoms with Crippen molar-refractivity contribution in [3.8, 4) is 11.5 Å². The monoisotopic (exact) mass is 595 g/mol. The van der Waals surface area contributed by atoms with Crippen LogP contribution in [0.3, 0.4) is 0 Å². The van der Waals surface area contributed by atoms with Gasteiger partial charge in [0.1, 0.15) is 17.0 Å². The molecule has 2 N–H and O–H groups in total. The standard InChI is InChI=1S/C29H33N5O5S2/c1-20-7-12-25(39-3)26-27(20)40-29(31-26)34-17-15-33(16-18-34)14-13-30-28(35)21-5-4-6-22(19-21)32-41(36,37)24-10-8-23(38-2)9-11-24/h4-12,19,32H,13-18H2,1-3H3,(H,30,35). The van der Waals surface area contributed by atoms with Crippen LogP contribution < -0.4 is 24.4 Å². The number of amides is 1. The first-order valence-electron chi connectivity index (χ1n) is 13.2. The maximum Gasteiger partial charge on any atom is 0.261 e. The van der Waals surface area contributed by atoms with E-state index in [4.69, 9.17) is 14.5 Å². The second kappa shape index (κ2) is 12.3. The summed E-state index contributed by atoms with van der Waals surface area (Å²) in [5.41, 5.74) is 2.80. The van der Waals surface area contributed by atoms with E-state index in [-0.39, 0.29) is 10.8 Å². The molecule has 12 heteroatoms. The molecule has 1 amide bonds. The molecular weight excluding hydrogens is 562 g/mol. The molecule has 1 saturated heterocycles. The van der Waals surface area contributed by atoms with Gasteiger partial charge in [0.25, 0.3) is 15.9 Å². The van der Waals surface area contributed by atoms with Crippen molar-refractivity contribution in [2.24, 2.45) is 0 Å². The van der Waals surface area contributed by atoms with Crippen LogP contribution in [0, 0.1) is 6.92 Å². The van der Waals surface area contributed by atoms with Gasteiger partial charge in [-0.2, -0.15) is 0 Å². The van der Waals surface area contributed by atoms with Crippen LogP contribution in [0.15, 0.2) is 65.6 Å². The summed E-state index contributed by atoms with van der Waals surface area (Å²) in [4.78, 5) is 22.4. The van der Waals surface area contributed by atoms with Crippen LogP contribution in [0.1, 0.15) is 15.9 Å². The first-order chi connectivity index (χ1) is 19.8. The molecule has 1 aromatic heterocycles. The van der Waals surface area contributed by atoms with Crippen molar-refractivity contribution in [1.82, 2.24) is 15.2 Å². The molecule has 0 bridgehead atoms. The lowest BCUT2D eigenvalue weighted by molar-refractivity contribution is 0.0947. The van der Waals surface area contributed by atoms with Crippen molar-refractivity contribution >= 4 is 48.3 Å². The number of carbonyl (C=O) groups is 1. The number of carbonyl (C=O) groups excluding carboxylic acids is 1. The molecule has 1 aliphatic heterocycles. The Bertz CT molecular complexity index is 1630. The zero-order chi connectivity index (χ0) is 29.0. The minimum Gasteiger partial charge on any atom is -0.497 e. The number of anilines is 2. The summed E-state index contributed by atoms with van der Waals surface area (Å²) in [5.74, 6) is 1.10. The minimum atomic E-state index is -3.81. The van der Waals surface area contributed by atoms with E-state index in [1.165, 1.54) is 30.9 Å². The summed E-state index contributed by atoms with van der Waals surface area (Å²) in [6.45, 7) is 6.73. The van der Waals surface area contributed by atoms with Crippen LogP contribution in [0.4, 0.5) is 10.8 Å². The van der Waals surface area contributed by atoms with Gasteiger partial charge in [0.05, 0.1) is 23.8 Å². The fourth-order valence-electron chi connectivity index (χ4n) is 4.68. The van der Waals surface area contributed by atoms with E-state index < -0.39 is 10.0 Å². The van der Waals surface area contributed by atoms with Gasteiger partial charge in [0.15, 0.2) is 5.13 Å². The van der Waals surface area contributed by atoms with Gasteiger partial charge in [-0.15, -0.1) is 0 Å². The Labute approximate surface area is 243 Å². The molecule has 4 aromatic rings. The predicted molar refractivity (Wildman–Crippen MR) is 162 cm³/mol. The highest BCUT2D eigenvalue weighted by molar-refractivity contribution is 7.92. The Morgan fingerprint density at radius 2 is 1.76 bits per heavy atom. The Morgan fingerprint density at radius 1 is 1.00 bits per heavy atom. The number of nitrogens with zero attached hydrogens (tertiary/aromatic N) is 3. The number of hydrogen-bond donors (Lipinski definition) is 2. The van der Waals surface area contributed by atoms with Gasteiger partial charge in [-0.3, -0.25) is 14.4 Å². The van der Waals surface area contributed by atoms with E-state index in [0.29, 0.717) is 23.5 Å². The molecule has 1 fully saturated rings. The van der Waals surface area contributed by atoms with E-state index in [0.717, 1.165) is 53.8 Å². The third-order valence-corrected chi connectivity index (χ3v) is 9.66. The van der Waals surface area contributed by atoms with Gasteiger partial charge in [0.2, 0.25) is 0 Å². The van der Waals surface area contributed by atoms with Gasteiger partial charge in [-0.05, 0) is 61.0 Å². The maximum atomic E-state index is 12.8. The maximum absolute atomic E-state index is 12.8. The Balaban J connectivity index is 1.11. The number of rotatable bonds is 10. The van der Waals surface area contributed by atoms with Crippen molar-refractivity contribution in [2.75, 3.05) is 63.1 Å². The van der Waals surface area contributed by atoms with Crippen molar-refractivity contribution in [3.63, 3.8) is 0 Å². The van der Waals surface area contributed by atoms with Crippen LogP contribution >= 0.6 is 11.3 Å². The number of aromatic nitrogens is 1. The molecule has 0 atom stereocenters. The summed E-state index contributed by atoms with van der Waals surface area (Å²) in [6, 6.07) is 16.6. The Hall–Kier alpha value is -3.87. The summed E-state index contributed by atoms with van der Waals surface area (Å²) >= 11 is 1.70. The van der Waals surface area contributed by atoms with E-state index >= 15 is 0 Å². The normalized spacial score (nSPS) is 14.2. The molecule has 5 rings (SSSR count). The first-order valence-corrected chi connectivity index (χ1v) is 15.5. The van der Waals surface area contributed by atoms with E-state index in [9.17, 15) is 13.2 Å². The summed E-state index contributed by atoms with van der Waals surface area (Å²) in [5, 5.41) is 3.95. The Kier molecular flexibility index (Phi) is 8.62. The number of thiazole rings is 1. The lowest BCUT2D eigenvalue weighted by atomic mass is 10.2. The van der Waals surface area contributed by atoms with Crippen LogP contribution in [-0.2, 0) is 10.0 Å². The molecule has 0 unspecified atom stereocenters.